The molecule has 0 bridgehead atoms. The fourth-order valence-corrected chi connectivity index (χ4v) is 7.13. The molecule has 2 saturated heterocycles. The van der Waals surface area contributed by atoms with E-state index in [1.165, 1.54) is 19.3 Å². The Balaban J connectivity index is 1.32. The van der Waals surface area contributed by atoms with Crippen LogP contribution in [-0.2, 0) is 9.59 Å². The molecule has 0 aromatic heterocycles. The second-order valence-electron chi connectivity index (χ2n) is 12.5. The molecule has 2 amide bonds. The predicted molar refractivity (Wildman–Crippen MR) is 170 cm³/mol. The zero-order valence-electron chi connectivity index (χ0n) is 25.8. The van der Waals surface area contributed by atoms with Gasteiger partial charge in [0.1, 0.15) is 0 Å². The van der Waals surface area contributed by atoms with Crippen molar-refractivity contribution in [1.82, 2.24) is 4.90 Å². The van der Waals surface area contributed by atoms with Crippen molar-refractivity contribution in [1.29, 1.82) is 0 Å². The minimum absolute atomic E-state index is 0.0376. The molecule has 6 heteroatoms. The van der Waals surface area contributed by atoms with Crippen molar-refractivity contribution in [3.05, 3.63) is 59.7 Å². The van der Waals surface area contributed by atoms with Gasteiger partial charge >= 0.3 is 0 Å². The largest absolute Gasteiger partial charge is 0.324 e. The maximum Gasteiger partial charge on any atom is 0.282 e. The van der Waals surface area contributed by atoms with Gasteiger partial charge in [-0.25, -0.2) is 0 Å². The van der Waals surface area contributed by atoms with Crippen LogP contribution in [-0.4, -0.2) is 66.0 Å². The topological polar surface area (TPSA) is 61.4 Å². The number of nitrogens with zero attached hydrogens (tertiary/aromatic N) is 2. The Hall–Kier alpha value is -2.70. The molecule has 6 nitrogen and oxygen atoms in total. The second kappa shape index (κ2) is 15.5. The number of aryl methyl sites for hydroxylation is 2. The number of nitrogens with one attached hydrogen (secondary N) is 2. The molecule has 0 saturated carbocycles. The number of piperidine rings is 2. The summed E-state index contributed by atoms with van der Waals surface area (Å²) in [5.74, 6) is 0.338. The predicted octanol–water partition coefficient (Wildman–Crippen LogP) is 7.07. The fourth-order valence-electron chi connectivity index (χ4n) is 7.13. The van der Waals surface area contributed by atoms with Crippen molar-refractivity contribution >= 4 is 23.2 Å². The van der Waals surface area contributed by atoms with Crippen LogP contribution in [0.2, 0.25) is 0 Å². The van der Waals surface area contributed by atoms with Gasteiger partial charge < -0.3 is 15.1 Å². The zero-order chi connectivity index (χ0) is 29.1. The van der Waals surface area contributed by atoms with E-state index in [9.17, 15) is 9.59 Å². The minimum atomic E-state index is -0.0427. The molecule has 0 radical (unpaired) electrons. The third-order valence-corrected chi connectivity index (χ3v) is 9.49. The Morgan fingerprint density at radius 2 is 1.54 bits per heavy atom. The van der Waals surface area contributed by atoms with E-state index in [1.807, 2.05) is 36.4 Å². The minimum Gasteiger partial charge on any atom is -0.324 e. The van der Waals surface area contributed by atoms with Gasteiger partial charge in [-0.1, -0.05) is 56.2 Å². The van der Waals surface area contributed by atoms with Gasteiger partial charge in [-0.15, -0.1) is 0 Å². The third-order valence-electron chi connectivity index (χ3n) is 9.49. The van der Waals surface area contributed by atoms with E-state index in [0.29, 0.717) is 0 Å². The van der Waals surface area contributed by atoms with Crippen LogP contribution in [0, 0.1) is 13.8 Å². The molecular weight excluding hydrogens is 508 g/mol. The number of anilines is 2. The number of amides is 2. The first-order valence-electron chi connectivity index (χ1n) is 16.3. The first-order chi connectivity index (χ1) is 19.9. The summed E-state index contributed by atoms with van der Waals surface area (Å²) < 4.78 is 0.941. The molecule has 224 valence electrons. The Labute approximate surface area is 248 Å². The van der Waals surface area contributed by atoms with E-state index in [2.05, 4.69) is 48.4 Å². The number of carbonyl (C=O) groups excluding carboxylic acids is 2. The number of hydrogen-bond donors (Lipinski definition) is 2. The van der Waals surface area contributed by atoms with E-state index >= 15 is 0 Å². The molecule has 2 aromatic rings. The molecular formula is C35H53N4O2+. The van der Waals surface area contributed by atoms with Crippen molar-refractivity contribution in [3.8, 4) is 0 Å². The lowest BCUT2D eigenvalue weighted by Crippen LogP contribution is -2.63. The van der Waals surface area contributed by atoms with Crippen LogP contribution in [0.3, 0.4) is 0 Å². The van der Waals surface area contributed by atoms with Crippen LogP contribution >= 0.6 is 0 Å². The summed E-state index contributed by atoms with van der Waals surface area (Å²) in [5.41, 5.74) is 4.11. The maximum absolute atomic E-state index is 13.5. The maximum atomic E-state index is 13.5. The number of unbranched alkanes of at least 4 members (excludes halogenated alkanes) is 3. The number of benzene rings is 2. The molecule has 41 heavy (non-hydrogen) atoms. The molecule has 0 spiro atoms. The average molecular weight is 562 g/mol. The summed E-state index contributed by atoms with van der Waals surface area (Å²) in [4.78, 5) is 29.3. The van der Waals surface area contributed by atoms with Gasteiger partial charge in [-0.3, -0.25) is 14.5 Å². The van der Waals surface area contributed by atoms with E-state index in [-0.39, 0.29) is 23.9 Å². The number of carbonyl (C=O) groups is 2. The summed E-state index contributed by atoms with van der Waals surface area (Å²) in [5, 5.41) is 6.49. The Bertz CT molecular complexity index is 1100. The summed E-state index contributed by atoms with van der Waals surface area (Å²) in [6.45, 7) is 11.6. The van der Waals surface area contributed by atoms with Crippen LogP contribution in [0.4, 0.5) is 11.4 Å². The Morgan fingerprint density at radius 1 is 0.805 bits per heavy atom. The van der Waals surface area contributed by atoms with Crippen LogP contribution in [0.25, 0.3) is 0 Å². The quantitative estimate of drug-likeness (QED) is 0.203. The van der Waals surface area contributed by atoms with Crippen molar-refractivity contribution in [2.75, 3.05) is 43.4 Å². The molecule has 2 aliphatic rings. The van der Waals surface area contributed by atoms with E-state index < -0.39 is 0 Å². The molecule has 0 aliphatic carbocycles. The van der Waals surface area contributed by atoms with Gasteiger partial charge in [-0.05, 0) is 102 Å². The standard InChI is InChI=1S/C35H52N4O2/c1-4-5-25-39(27-15-11-22-32(39)35(41)36-30-19-8-6-9-20-30)26-14-7-12-23-38-24-13-10-21-31(38)34(40)37-33-28(2)17-16-18-29(33)3/h6,8-9,16-20,31-32H,4-5,7,10-15,21-27H2,1-3H3,(H-,36,37,40,41)/p+1. The van der Waals surface area contributed by atoms with Crippen molar-refractivity contribution in [3.63, 3.8) is 0 Å². The van der Waals surface area contributed by atoms with Gasteiger partial charge in [0.05, 0.1) is 25.7 Å². The Morgan fingerprint density at radius 3 is 2.29 bits per heavy atom. The highest BCUT2D eigenvalue weighted by atomic mass is 16.2. The highest BCUT2D eigenvalue weighted by Crippen LogP contribution is 2.30. The smallest absolute Gasteiger partial charge is 0.282 e. The van der Waals surface area contributed by atoms with E-state index in [4.69, 9.17) is 0 Å². The second-order valence-corrected chi connectivity index (χ2v) is 12.5. The molecule has 3 unspecified atom stereocenters. The molecule has 2 aliphatic heterocycles. The van der Waals surface area contributed by atoms with Crippen LogP contribution in [0.15, 0.2) is 48.5 Å². The van der Waals surface area contributed by atoms with Crippen LogP contribution in [0.5, 0.6) is 0 Å². The SMILES string of the molecule is CCCC[N+]1(CCCCCN2CCCCC2C(=O)Nc2c(C)cccc2C)CCCCC1C(=O)Nc1ccccc1. The van der Waals surface area contributed by atoms with E-state index in [1.54, 1.807) is 0 Å². The Kier molecular flexibility index (Phi) is 11.8. The third kappa shape index (κ3) is 8.42. The van der Waals surface area contributed by atoms with Crippen LogP contribution in [0.1, 0.15) is 88.7 Å². The van der Waals surface area contributed by atoms with E-state index in [0.717, 1.165) is 111 Å². The molecule has 3 atom stereocenters. The first kappa shape index (κ1) is 31.2. The van der Waals surface area contributed by atoms with Gasteiger partial charge in [-0.2, -0.15) is 0 Å². The summed E-state index contributed by atoms with van der Waals surface area (Å²) in [6.07, 6.45) is 12.2. The number of para-hydroxylation sites is 2. The molecule has 2 N–H and O–H groups in total. The number of quaternary nitrogens is 1. The van der Waals surface area contributed by atoms with Gasteiger partial charge in [0.15, 0.2) is 6.04 Å². The van der Waals surface area contributed by atoms with Crippen LogP contribution < -0.4 is 10.6 Å². The van der Waals surface area contributed by atoms with Gasteiger partial charge in [0, 0.05) is 17.8 Å². The normalized spacial score (nSPS) is 23.2. The van der Waals surface area contributed by atoms with Crippen molar-refractivity contribution in [2.24, 2.45) is 0 Å². The van der Waals surface area contributed by atoms with Gasteiger partial charge in [0.2, 0.25) is 5.91 Å². The number of hydrogen-bond acceptors (Lipinski definition) is 3. The van der Waals surface area contributed by atoms with Crippen molar-refractivity contribution in [2.45, 2.75) is 103 Å². The number of likely N-dealkylation sites (tertiary alicyclic amines) is 2. The lowest BCUT2D eigenvalue weighted by atomic mass is 9.95. The lowest BCUT2D eigenvalue weighted by molar-refractivity contribution is -0.947. The fraction of sp³-hybridized carbons (Fsp3) is 0.600. The number of rotatable bonds is 13. The highest BCUT2D eigenvalue weighted by Gasteiger charge is 2.43. The van der Waals surface area contributed by atoms with Gasteiger partial charge in [0.25, 0.3) is 5.91 Å². The lowest BCUT2D eigenvalue weighted by Gasteiger charge is -2.47. The molecule has 2 heterocycles. The summed E-state index contributed by atoms with van der Waals surface area (Å²) in [7, 11) is 0. The zero-order valence-corrected chi connectivity index (χ0v) is 25.8. The highest BCUT2D eigenvalue weighted by molar-refractivity contribution is 5.96. The van der Waals surface area contributed by atoms with Crippen molar-refractivity contribution < 1.29 is 14.1 Å². The summed E-state index contributed by atoms with van der Waals surface area (Å²) in [6, 6.07) is 16.1. The first-order valence-corrected chi connectivity index (χ1v) is 16.3. The molecule has 2 aromatic carbocycles. The average Bonchev–Trinajstić information content (AvgIpc) is 2.98. The monoisotopic (exact) mass is 561 g/mol. The molecule has 4 rings (SSSR count). The molecule has 2 fully saturated rings. The summed E-state index contributed by atoms with van der Waals surface area (Å²) >= 11 is 0.